The highest BCUT2D eigenvalue weighted by Crippen LogP contribution is 2.28. The third-order valence-electron chi connectivity index (χ3n) is 3.86. The van der Waals surface area contributed by atoms with Crippen molar-refractivity contribution >= 4 is 28.5 Å². The highest BCUT2D eigenvalue weighted by Gasteiger charge is 2.16. The third-order valence-corrected chi connectivity index (χ3v) is 3.86. The van der Waals surface area contributed by atoms with Crippen LogP contribution in [0.5, 0.6) is 5.75 Å². The number of aromatic nitrogens is 2. The molecule has 4 rings (SSSR count). The van der Waals surface area contributed by atoms with Gasteiger partial charge in [0.25, 0.3) is 11.8 Å². The number of carbonyl (C=O) groups is 2. The second kappa shape index (κ2) is 6.20. The Morgan fingerprint density at radius 1 is 1.12 bits per heavy atom. The molecular weight excluding hydrogens is 320 g/mol. The lowest BCUT2D eigenvalue weighted by Crippen LogP contribution is -2.26. The number of anilines is 1. The van der Waals surface area contributed by atoms with E-state index < -0.39 is 0 Å². The first-order valence-electron chi connectivity index (χ1n) is 7.73. The average Bonchev–Trinajstić information content (AvgIpc) is 2.65. The predicted molar refractivity (Wildman–Crippen MR) is 91.3 cm³/mol. The molecule has 2 aromatic carbocycles. The summed E-state index contributed by atoms with van der Waals surface area (Å²) in [6.07, 6.45) is 3.20. The van der Waals surface area contributed by atoms with E-state index in [0.29, 0.717) is 29.1 Å². The molecule has 0 spiro atoms. The molecule has 0 unspecified atom stereocenters. The highest BCUT2D eigenvalue weighted by atomic mass is 16.5. The van der Waals surface area contributed by atoms with Crippen molar-refractivity contribution in [2.45, 2.75) is 6.54 Å². The summed E-state index contributed by atoms with van der Waals surface area (Å²) in [4.78, 5) is 32.1. The minimum Gasteiger partial charge on any atom is -0.482 e. The first-order chi connectivity index (χ1) is 12.2. The fraction of sp³-hybridized carbons (Fsp3) is 0.111. The summed E-state index contributed by atoms with van der Waals surface area (Å²) < 4.78 is 5.31. The number of fused-ring (bicyclic) bond motifs is 2. The molecule has 0 fully saturated rings. The lowest BCUT2D eigenvalue weighted by Gasteiger charge is -2.18. The summed E-state index contributed by atoms with van der Waals surface area (Å²) in [5, 5.41) is 5.61. The topological polar surface area (TPSA) is 93.2 Å². The second-order valence-electron chi connectivity index (χ2n) is 5.61. The van der Waals surface area contributed by atoms with E-state index in [1.807, 2.05) is 6.07 Å². The van der Waals surface area contributed by atoms with Crippen LogP contribution >= 0.6 is 0 Å². The van der Waals surface area contributed by atoms with Gasteiger partial charge in [-0.2, -0.15) is 0 Å². The molecule has 1 aromatic heterocycles. The van der Waals surface area contributed by atoms with E-state index >= 15 is 0 Å². The van der Waals surface area contributed by atoms with Crippen molar-refractivity contribution in [3.8, 4) is 5.75 Å². The van der Waals surface area contributed by atoms with Gasteiger partial charge in [0.15, 0.2) is 6.61 Å². The number of ether oxygens (including phenoxy) is 1. The molecule has 1 aliphatic rings. The number of hydrogen-bond acceptors (Lipinski definition) is 5. The van der Waals surface area contributed by atoms with Gasteiger partial charge in [-0.25, -0.2) is 0 Å². The van der Waals surface area contributed by atoms with E-state index in [9.17, 15) is 9.59 Å². The minimum absolute atomic E-state index is 0.0218. The maximum atomic E-state index is 12.3. The Kier molecular flexibility index (Phi) is 3.74. The van der Waals surface area contributed by atoms with Gasteiger partial charge in [0.1, 0.15) is 5.75 Å². The van der Waals surface area contributed by atoms with Gasteiger partial charge in [-0.05, 0) is 35.9 Å². The smallest absolute Gasteiger partial charge is 0.262 e. The lowest BCUT2D eigenvalue weighted by molar-refractivity contribution is -0.118. The molecule has 25 heavy (non-hydrogen) atoms. The Morgan fingerprint density at radius 3 is 2.84 bits per heavy atom. The number of rotatable bonds is 3. The summed E-state index contributed by atoms with van der Waals surface area (Å²) in [7, 11) is 0. The number of nitrogens with one attached hydrogen (secondary N) is 2. The van der Waals surface area contributed by atoms with Crippen LogP contribution in [0, 0.1) is 0 Å². The van der Waals surface area contributed by atoms with Crippen molar-refractivity contribution in [2.75, 3.05) is 11.9 Å². The molecule has 3 aromatic rings. The SMILES string of the molecule is O=C1COc2ccc(CNC(=O)c3ccc4nccnc4c3)cc2N1. The summed E-state index contributed by atoms with van der Waals surface area (Å²) in [5.41, 5.74) is 3.40. The molecule has 2 amide bonds. The Labute approximate surface area is 143 Å². The zero-order valence-corrected chi connectivity index (χ0v) is 13.2. The molecule has 0 aliphatic carbocycles. The van der Waals surface area contributed by atoms with Crippen LogP contribution in [0.1, 0.15) is 15.9 Å². The molecule has 124 valence electrons. The number of nitrogens with zero attached hydrogens (tertiary/aromatic N) is 2. The van der Waals surface area contributed by atoms with Gasteiger partial charge in [-0.15, -0.1) is 0 Å². The fourth-order valence-electron chi connectivity index (χ4n) is 2.63. The molecule has 7 nitrogen and oxygen atoms in total. The summed E-state index contributed by atoms with van der Waals surface area (Å²) >= 11 is 0. The molecule has 7 heteroatoms. The number of carbonyl (C=O) groups excluding carboxylic acids is 2. The number of amides is 2. The van der Waals surface area contributed by atoms with Gasteiger partial charge in [-0.3, -0.25) is 19.6 Å². The monoisotopic (exact) mass is 334 g/mol. The van der Waals surface area contributed by atoms with E-state index in [4.69, 9.17) is 4.74 Å². The predicted octanol–water partition coefficient (Wildman–Crippen LogP) is 1.89. The van der Waals surface area contributed by atoms with Crippen LogP contribution in [0.3, 0.4) is 0 Å². The number of benzene rings is 2. The van der Waals surface area contributed by atoms with E-state index in [-0.39, 0.29) is 18.4 Å². The standard InChI is InChI=1S/C18H14N4O3/c23-17-10-25-16-4-1-11(7-15(16)22-17)9-21-18(24)12-2-3-13-14(8-12)20-6-5-19-13/h1-8H,9-10H2,(H,21,24)(H,22,23). The van der Waals surface area contributed by atoms with Crippen molar-refractivity contribution in [1.82, 2.24) is 15.3 Å². The first kappa shape index (κ1) is 15.1. The molecule has 0 bridgehead atoms. The molecule has 1 aliphatic heterocycles. The van der Waals surface area contributed by atoms with Crippen LogP contribution in [-0.2, 0) is 11.3 Å². The van der Waals surface area contributed by atoms with Crippen LogP contribution in [0.15, 0.2) is 48.8 Å². The van der Waals surface area contributed by atoms with Crippen molar-refractivity contribution in [2.24, 2.45) is 0 Å². The second-order valence-corrected chi connectivity index (χ2v) is 5.61. The van der Waals surface area contributed by atoms with Crippen molar-refractivity contribution < 1.29 is 14.3 Å². The molecule has 0 saturated carbocycles. The fourth-order valence-corrected chi connectivity index (χ4v) is 2.63. The quantitative estimate of drug-likeness (QED) is 0.763. The summed E-state index contributed by atoms with van der Waals surface area (Å²) in [5.74, 6) is 0.235. The van der Waals surface area contributed by atoms with Crippen LogP contribution in [0.4, 0.5) is 5.69 Å². The zero-order valence-electron chi connectivity index (χ0n) is 13.2. The Morgan fingerprint density at radius 2 is 1.96 bits per heavy atom. The molecule has 2 N–H and O–H groups in total. The zero-order chi connectivity index (χ0) is 17.2. The number of hydrogen-bond donors (Lipinski definition) is 2. The Hall–Kier alpha value is -3.48. The molecule has 0 radical (unpaired) electrons. The lowest BCUT2D eigenvalue weighted by atomic mass is 10.1. The first-order valence-corrected chi connectivity index (χ1v) is 7.73. The Balaban J connectivity index is 1.47. The van der Waals surface area contributed by atoms with Gasteiger partial charge in [0, 0.05) is 24.5 Å². The molecule has 2 heterocycles. The minimum atomic E-state index is -0.203. The normalized spacial score (nSPS) is 12.9. The van der Waals surface area contributed by atoms with Gasteiger partial charge >= 0.3 is 0 Å². The van der Waals surface area contributed by atoms with E-state index in [2.05, 4.69) is 20.6 Å². The summed E-state index contributed by atoms with van der Waals surface area (Å²) in [6.45, 7) is 0.356. The summed E-state index contributed by atoms with van der Waals surface area (Å²) in [6, 6.07) is 10.6. The van der Waals surface area contributed by atoms with Crippen LogP contribution < -0.4 is 15.4 Å². The van der Waals surface area contributed by atoms with Gasteiger partial charge in [0.2, 0.25) is 0 Å². The molecule has 0 atom stereocenters. The maximum absolute atomic E-state index is 12.3. The van der Waals surface area contributed by atoms with Gasteiger partial charge < -0.3 is 15.4 Å². The maximum Gasteiger partial charge on any atom is 0.262 e. The largest absolute Gasteiger partial charge is 0.482 e. The highest BCUT2D eigenvalue weighted by molar-refractivity contribution is 5.97. The average molecular weight is 334 g/mol. The molecule has 0 saturated heterocycles. The molecular formula is C18H14N4O3. The van der Waals surface area contributed by atoms with Gasteiger partial charge in [0.05, 0.1) is 16.7 Å². The van der Waals surface area contributed by atoms with Gasteiger partial charge in [-0.1, -0.05) is 6.07 Å². The van der Waals surface area contributed by atoms with E-state index in [0.717, 1.165) is 11.1 Å². The van der Waals surface area contributed by atoms with Crippen LogP contribution in [-0.4, -0.2) is 28.4 Å². The van der Waals surface area contributed by atoms with Crippen LogP contribution in [0.25, 0.3) is 11.0 Å². The van der Waals surface area contributed by atoms with E-state index in [1.54, 1.807) is 42.7 Å². The van der Waals surface area contributed by atoms with Crippen molar-refractivity contribution in [3.63, 3.8) is 0 Å². The third kappa shape index (κ3) is 3.12. The van der Waals surface area contributed by atoms with Crippen molar-refractivity contribution in [1.29, 1.82) is 0 Å². The van der Waals surface area contributed by atoms with Crippen LogP contribution in [0.2, 0.25) is 0 Å². The van der Waals surface area contributed by atoms with Crippen molar-refractivity contribution in [3.05, 3.63) is 59.9 Å². The van der Waals surface area contributed by atoms with E-state index in [1.165, 1.54) is 0 Å². The Bertz CT molecular complexity index is 987.